The molecule has 29 heavy (non-hydrogen) atoms. The Kier molecular flexibility index (Phi) is 6.38. The molecule has 0 unspecified atom stereocenters. The number of pyridine rings is 1. The number of anilines is 2. The molecule has 0 bridgehead atoms. The Hall–Kier alpha value is -1.69. The summed E-state index contributed by atoms with van der Waals surface area (Å²) in [6.45, 7) is 4.87. The Morgan fingerprint density at radius 1 is 1.21 bits per heavy atom. The number of nitrogens with one attached hydrogen (secondary N) is 2. The molecular weight excluding hydrogens is 429 g/mol. The van der Waals surface area contributed by atoms with Gasteiger partial charge < -0.3 is 15.2 Å². The van der Waals surface area contributed by atoms with Crippen LogP contribution in [0.1, 0.15) is 31.7 Å². The van der Waals surface area contributed by atoms with Crippen LogP contribution in [0.25, 0.3) is 11.2 Å². The third-order valence-corrected chi connectivity index (χ3v) is 6.16. The number of aromatic amines is 1. The van der Waals surface area contributed by atoms with E-state index in [2.05, 4.69) is 32.1 Å². The van der Waals surface area contributed by atoms with E-state index in [1.165, 1.54) is 12.0 Å². The van der Waals surface area contributed by atoms with Crippen LogP contribution in [0.2, 0.25) is 15.2 Å². The van der Waals surface area contributed by atoms with Gasteiger partial charge in [-0.1, -0.05) is 34.8 Å². The van der Waals surface area contributed by atoms with E-state index in [1.807, 2.05) is 12.1 Å². The molecule has 154 valence electrons. The lowest BCUT2D eigenvalue weighted by Crippen LogP contribution is -2.36. The number of hydrogen-bond donors (Lipinski definition) is 2. The maximum Gasteiger partial charge on any atom is 0.205 e. The number of nitrogens with zero attached hydrogens (tertiary/aromatic N) is 3. The number of piperidine rings is 1. The molecule has 8 heteroatoms. The molecule has 1 aromatic carbocycles. The molecule has 0 aliphatic carbocycles. The normalized spacial score (nSPS) is 17.1. The zero-order valence-electron chi connectivity index (χ0n) is 16.3. The second kappa shape index (κ2) is 8.99. The average molecular weight is 453 g/mol. The zero-order chi connectivity index (χ0) is 20.4. The van der Waals surface area contributed by atoms with Crippen molar-refractivity contribution >= 4 is 57.6 Å². The minimum Gasteiger partial charge on any atom is -0.384 e. The van der Waals surface area contributed by atoms with Gasteiger partial charge in [0.2, 0.25) is 5.95 Å². The Morgan fingerprint density at radius 2 is 2.07 bits per heavy atom. The third-order valence-electron chi connectivity index (χ3n) is 5.43. The van der Waals surface area contributed by atoms with Crippen molar-refractivity contribution in [2.24, 2.45) is 5.92 Å². The molecule has 0 radical (unpaired) electrons. The molecule has 4 rings (SSSR count). The number of H-pyrrole nitrogens is 1. The van der Waals surface area contributed by atoms with Crippen molar-refractivity contribution in [1.29, 1.82) is 0 Å². The van der Waals surface area contributed by atoms with Crippen LogP contribution in [-0.4, -0.2) is 34.6 Å². The number of aryl methyl sites for hydroxylation is 1. The number of aromatic nitrogens is 3. The second-order valence-corrected chi connectivity index (χ2v) is 8.74. The van der Waals surface area contributed by atoms with Gasteiger partial charge in [0.1, 0.15) is 5.15 Å². The first-order chi connectivity index (χ1) is 14.0. The predicted octanol–water partition coefficient (Wildman–Crippen LogP) is 6.20. The third kappa shape index (κ3) is 4.73. The molecule has 1 fully saturated rings. The molecule has 0 saturated carbocycles. The standard InChI is InChI=1S/C21H24Cl3N5/c1-2-25-19-14(10-15(22)11-16(19)23)6-5-13-4-3-9-29(12-13)21-26-17-7-8-18(24)27-20(17)28-21/h7-8,10-11,13,25H,2-6,9,12H2,1H3,(H,26,27,28)/t13-/m1/s1. The number of hydrogen-bond acceptors (Lipinski definition) is 4. The molecule has 5 nitrogen and oxygen atoms in total. The summed E-state index contributed by atoms with van der Waals surface area (Å²) in [5, 5.41) is 5.22. The lowest BCUT2D eigenvalue weighted by atomic mass is 9.91. The van der Waals surface area contributed by atoms with Gasteiger partial charge in [-0.15, -0.1) is 0 Å². The summed E-state index contributed by atoms with van der Waals surface area (Å²) < 4.78 is 0. The monoisotopic (exact) mass is 451 g/mol. The summed E-state index contributed by atoms with van der Waals surface area (Å²) in [6, 6.07) is 7.53. The molecule has 2 aromatic heterocycles. The van der Waals surface area contributed by atoms with Crippen molar-refractivity contribution in [3.8, 4) is 0 Å². The minimum absolute atomic E-state index is 0.462. The van der Waals surface area contributed by atoms with E-state index < -0.39 is 0 Å². The second-order valence-electron chi connectivity index (χ2n) is 7.51. The fourth-order valence-corrected chi connectivity index (χ4v) is 4.80. The van der Waals surface area contributed by atoms with Crippen LogP contribution in [-0.2, 0) is 6.42 Å². The van der Waals surface area contributed by atoms with E-state index in [0.717, 1.165) is 56.0 Å². The Labute approximate surface area is 185 Å². The highest BCUT2D eigenvalue weighted by Crippen LogP contribution is 2.33. The minimum atomic E-state index is 0.462. The summed E-state index contributed by atoms with van der Waals surface area (Å²) in [5.41, 5.74) is 3.77. The van der Waals surface area contributed by atoms with E-state index >= 15 is 0 Å². The topological polar surface area (TPSA) is 56.8 Å². The van der Waals surface area contributed by atoms with Gasteiger partial charge in [-0.25, -0.2) is 4.98 Å². The molecular formula is C21H24Cl3N5. The molecule has 1 aliphatic heterocycles. The van der Waals surface area contributed by atoms with Crippen molar-refractivity contribution in [3.05, 3.63) is 45.0 Å². The number of halogens is 3. The molecule has 1 aliphatic rings. The number of benzene rings is 1. The highest BCUT2D eigenvalue weighted by Gasteiger charge is 2.23. The average Bonchev–Trinajstić information content (AvgIpc) is 3.12. The Morgan fingerprint density at radius 3 is 2.90 bits per heavy atom. The van der Waals surface area contributed by atoms with Gasteiger partial charge in [-0.3, -0.25) is 0 Å². The van der Waals surface area contributed by atoms with Crippen LogP contribution in [0.5, 0.6) is 0 Å². The SMILES string of the molecule is CCNc1c(Cl)cc(Cl)cc1CC[C@H]1CCCN(c2nc3nc(Cl)ccc3[nH]2)C1. The molecule has 0 spiro atoms. The lowest BCUT2D eigenvalue weighted by molar-refractivity contribution is 0.389. The van der Waals surface area contributed by atoms with Gasteiger partial charge in [0.05, 0.1) is 16.2 Å². The van der Waals surface area contributed by atoms with Crippen molar-refractivity contribution in [2.75, 3.05) is 29.9 Å². The molecule has 1 atom stereocenters. The van der Waals surface area contributed by atoms with Gasteiger partial charge in [0, 0.05) is 24.7 Å². The maximum absolute atomic E-state index is 6.41. The van der Waals surface area contributed by atoms with Crippen LogP contribution in [0.3, 0.4) is 0 Å². The summed E-state index contributed by atoms with van der Waals surface area (Å²) in [4.78, 5) is 14.6. The number of fused-ring (bicyclic) bond motifs is 1. The van der Waals surface area contributed by atoms with E-state index in [4.69, 9.17) is 34.8 Å². The first kappa shape index (κ1) is 20.6. The van der Waals surface area contributed by atoms with Gasteiger partial charge in [0.15, 0.2) is 5.65 Å². The quantitative estimate of drug-likeness (QED) is 0.437. The van der Waals surface area contributed by atoms with E-state index in [1.54, 1.807) is 12.1 Å². The van der Waals surface area contributed by atoms with Crippen molar-refractivity contribution < 1.29 is 0 Å². The van der Waals surface area contributed by atoms with Gasteiger partial charge in [-0.2, -0.15) is 4.98 Å². The highest BCUT2D eigenvalue weighted by atomic mass is 35.5. The predicted molar refractivity (Wildman–Crippen MR) is 123 cm³/mol. The Bertz CT molecular complexity index is 1000. The van der Waals surface area contributed by atoms with Crippen LogP contribution < -0.4 is 10.2 Å². The van der Waals surface area contributed by atoms with Crippen LogP contribution in [0.4, 0.5) is 11.6 Å². The van der Waals surface area contributed by atoms with Gasteiger partial charge >= 0.3 is 0 Å². The molecule has 0 amide bonds. The molecule has 3 aromatic rings. The van der Waals surface area contributed by atoms with Crippen molar-refractivity contribution in [3.63, 3.8) is 0 Å². The van der Waals surface area contributed by atoms with Crippen LogP contribution in [0, 0.1) is 5.92 Å². The van der Waals surface area contributed by atoms with E-state index in [-0.39, 0.29) is 0 Å². The van der Waals surface area contributed by atoms with Gasteiger partial charge in [0.25, 0.3) is 0 Å². The maximum atomic E-state index is 6.41. The van der Waals surface area contributed by atoms with Gasteiger partial charge in [-0.05, 0) is 68.4 Å². The first-order valence-electron chi connectivity index (χ1n) is 10.0. The largest absolute Gasteiger partial charge is 0.384 e. The highest BCUT2D eigenvalue weighted by molar-refractivity contribution is 6.36. The number of rotatable bonds is 6. The summed E-state index contributed by atoms with van der Waals surface area (Å²) in [7, 11) is 0. The smallest absolute Gasteiger partial charge is 0.205 e. The van der Waals surface area contributed by atoms with Crippen LogP contribution >= 0.6 is 34.8 Å². The summed E-state index contributed by atoms with van der Waals surface area (Å²) in [6.07, 6.45) is 4.38. The Balaban J connectivity index is 1.45. The molecule has 3 heterocycles. The summed E-state index contributed by atoms with van der Waals surface area (Å²) in [5.74, 6) is 1.46. The van der Waals surface area contributed by atoms with E-state index in [9.17, 15) is 0 Å². The van der Waals surface area contributed by atoms with Crippen molar-refractivity contribution in [1.82, 2.24) is 15.0 Å². The van der Waals surface area contributed by atoms with Crippen LogP contribution in [0.15, 0.2) is 24.3 Å². The zero-order valence-corrected chi connectivity index (χ0v) is 18.6. The summed E-state index contributed by atoms with van der Waals surface area (Å²) >= 11 is 18.6. The lowest BCUT2D eigenvalue weighted by Gasteiger charge is -2.32. The van der Waals surface area contributed by atoms with Crippen molar-refractivity contribution in [2.45, 2.75) is 32.6 Å². The fraction of sp³-hybridized carbons (Fsp3) is 0.429. The number of imidazole rings is 1. The molecule has 1 saturated heterocycles. The first-order valence-corrected chi connectivity index (χ1v) is 11.2. The molecule has 2 N–H and O–H groups in total. The fourth-order valence-electron chi connectivity index (χ4n) is 4.06. The van der Waals surface area contributed by atoms with E-state index in [0.29, 0.717) is 26.8 Å².